The highest BCUT2D eigenvalue weighted by Crippen LogP contribution is 2.13. The molecule has 3 nitrogen and oxygen atoms in total. The number of aromatic nitrogens is 1. The van der Waals surface area contributed by atoms with Crippen molar-refractivity contribution in [3.63, 3.8) is 0 Å². The summed E-state index contributed by atoms with van der Waals surface area (Å²) < 4.78 is 0. The first kappa shape index (κ1) is 6.61. The molecule has 0 atom stereocenters. The number of hydrogen-bond donors (Lipinski definition) is 2. The maximum absolute atomic E-state index is 10.4. The van der Waals surface area contributed by atoms with E-state index in [1.54, 1.807) is 0 Å². The minimum atomic E-state index is 0.693. The molecule has 0 amide bonds. The third-order valence-corrected chi connectivity index (χ3v) is 2.01. The van der Waals surface area contributed by atoms with Crippen molar-refractivity contribution in [2.45, 2.75) is 13.0 Å². The van der Waals surface area contributed by atoms with Gasteiger partial charge in [-0.05, 0) is 11.6 Å². The predicted octanol–water partition coefficient (Wildman–Crippen LogP) is 0.473. The van der Waals surface area contributed by atoms with Gasteiger partial charge in [-0.2, -0.15) is 0 Å². The summed E-state index contributed by atoms with van der Waals surface area (Å²) in [5.41, 5.74) is 3.14. The molecule has 2 N–H and O–H groups in total. The predicted molar refractivity (Wildman–Crippen MR) is 41.6 cm³/mol. The molecular weight excluding hydrogens is 140 g/mol. The number of nitrogens with one attached hydrogen (secondary N) is 2. The van der Waals surface area contributed by atoms with Gasteiger partial charge in [0, 0.05) is 25.2 Å². The van der Waals surface area contributed by atoms with Gasteiger partial charge in [0.15, 0.2) is 6.29 Å². The van der Waals surface area contributed by atoms with Crippen molar-refractivity contribution >= 4 is 6.29 Å². The van der Waals surface area contributed by atoms with Crippen LogP contribution in [-0.2, 0) is 13.0 Å². The number of carbonyl (C=O) groups excluding carboxylic acids is 1. The maximum Gasteiger partial charge on any atom is 0.166 e. The summed E-state index contributed by atoms with van der Waals surface area (Å²) in [6.45, 7) is 1.89. The van der Waals surface area contributed by atoms with Crippen LogP contribution in [0.2, 0.25) is 0 Å². The SMILES string of the molecule is O=Cc1cc2c([nH]1)CCNC2. The van der Waals surface area contributed by atoms with Crippen molar-refractivity contribution in [2.75, 3.05) is 6.54 Å². The van der Waals surface area contributed by atoms with Gasteiger partial charge in [-0.15, -0.1) is 0 Å². The van der Waals surface area contributed by atoms with Gasteiger partial charge in [0.05, 0.1) is 5.69 Å². The number of H-pyrrole nitrogens is 1. The van der Waals surface area contributed by atoms with Crippen LogP contribution in [0.15, 0.2) is 6.07 Å². The lowest BCUT2D eigenvalue weighted by atomic mass is 10.1. The third-order valence-electron chi connectivity index (χ3n) is 2.01. The van der Waals surface area contributed by atoms with Crippen molar-refractivity contribution in [3.8, 4) is 0 Å². The zero-order chi connectivity index (χ0) is 7.68. The molecule has 58 valence electrons. The van der Waals surface area contributed by atoms with Crippen LogP contribution in [0, 0.1) is 0 Å². The maximum atomic E-state index is 10.4. The molecule has 0 saturated carbocycles. The summed E-state index contributed by atoms with van der Waals surface area (Å²) in [5, 5.41) is 3.24. The van der Waals surface area contributed by atoms with Crippen molar-refractivity contribution in [1.82, 2.24) is 10.3 Å². The lowest BCUT2D eigenvalue weighted by molar-refractivity contribution is 0.111. The molecule has 0 spiro atoms. The van der Waals surface area contributed by atoms with Crippen molar-refractivity contribution in [3.05, 3.63) is 23.0 Å². The van der Waals surface area contributed by atoms with E-state index in [0.29, 0.717) is 5.69 Å². The molecule has 3 heteroatoms. The Kier molecular flexibility index (Phi) is 1.51. The minimum absolute atomic E-state index is 0.693. The molecule has 0 aliphatic carbocycles. The molecular formula is C8H10N2O. The molecule has 2 rings (SSSR count). The number of aldehydes is 1. The highest BCUT2D eigenvalue weighted by molar-refractivity contribution is 5.72. The fourth-order valence-corrected chi connectivity index (χ4v) is 1.45. The van der Waals surface area contributed by atoms with Gasteiger partial charge >= 0.3 is 0 Å². The Hall–Kier alpha value is -1.09. The Morgan fingerprint density at radius 1 is 1.55 bits per heavy atom. The summed E-state index contributed by atoms with van der Waals surface area (Å²) >= 11 is 0. The highest BCUT2D eigenvalue weighted by Gasteiger charge is 2.10. The molecule has 0 unspecified atom stereocenters. The van der Waals surface area contributed by atoms with E-state index >= 15 is 0 Å². The first-order valence-corrected chi connectivity index (χ1v) is 3.77. The average Bonchev–Trinajstić information content (AvgIpc) is 2.46. The summed E-state index contributed by atoms with van der Waals surface area (Å²) in [6, 6.07) is 1.91. The molecule has 0 radical (unpaired) electrons. The van der Waals surface area contributed by atoms with Crippen molar-refractivity contribution < 1.29 is 4.79 Å². The van der Waals surface area contributed by atoms with Crippen LogP contribution in [0.25, 0.3) is 0 Å². The zero-order valence-corrected chi connectivity index (χ0v) is 6.18. The summed E-state index contributed by atoms with van der Waals surface area (Å²) in [4.78, 5) is 13.4. The first-order valence-electron chi connectivity index (χ1n) is 3.77. The van der Waals surface area contributed by atoms with Crippen LogP contribution in [0.3, 0.4) is 0 Å². The summed E-state index contributed by atoms with van der Waals surface area (Å²) in [7, 11) is 0. The van der Waals surface area contributed by atoms with Crippen LogP contribution in [0.1, 0.15) is 21.7 Å². The second-order valence-electron chi connectivity index (χ2n) is 2.77. The van der Waals surface area contributed by atoms with E-state index in [1.807, 2.05) is 6.07 Å². The molecule has 1 aromatic rings. The molecule has 1 aromatic heterocycles. The van der Waals surface area contributed by atoms with Gasteiger partial charge in [-0.1, -0.05) is 0 Å². The average molecular weight is 150 g/mol. The molecule has 0 aromatic carbocycles. The Morgan fingerprint density at radius 2 is 2.45 bits per heavy atom. The second kappa shape index (κ2) is 2.51. The van der Waals surface area contributed by atoms with E-state index in [9.17, 15) is 4.79 Å². The van der Waals surface area contributed by atoms with Crippen LogP contribution in [0.5, 0.6) is 0 Å². The van der Waals surface area contributed by atoms with E-state index in [4.69, 9.17) is 0 Å². The molecule has 1 aliphatic heterocycles. The summed E-state index contributed by atoms with van der Waals surface area (Å²) in [5.74, 6) is 0. The van der Waals surface area contributed by atoms with E-state index in [1.165, 1.54) is 11.3 Å². The normalized spacial score (nSPS) is 16.0. The monoisotopic (exact) mass is 150 g/mol. The Morgan fingerprint density at radius 3 is 3.18 bits per heavy atom. The van der Waals surface area contributed by atoms with Crippen LogP contribution in [-0.4, -0.2) is 17.8 Å². The third kappa shape index (κ3) is 1.07. The van der Waals surface area contributed by atoms with Crippen molar-refractivity contribution in [2.24, 2.45) is 0 Å². The Balaban J connectivity index is 2.39. The van der Waals surface area contributed by atoms with Crippen LogP contribution in [0.4, 0.5) is 0 Å². The van der Waals surface area contributed by atoms with E-state index in [2.05, 4.69) is 10.3 Å². The molecule has 0 fully saturated rings. The molecule has 2 heterocycles. The smallest absolute Gasteiger partial charge is 0.166 e. The van der Waals surface area contributed by atoms with Crippen LogP contribution >= 0.6 is 0 Å². The van der Waals surface area contributed by atoms with Crippen LogP contribution < -0.4 is 5.32 Å². The van der Waals surface area contributed by atoms with Gasteiger partial charge in [-0.25, -0.2) is 0 Å². The number of aromatic amines is 1. The standard InChI is InChI=1S/C8H10N2O/c11-5-7-3-6-4-9-2-1-8(6)10-7/h3,5,9-10H,1-2,4H2. The fourth-order valence-electron chi connectivity index (χ4n) is 1.45. The zero-order valence-electron chi connectivity index (χ0n) is 6.18. The molecule has 0 bridgehead atoms. The van der Waals surface area contributed by atoms with Gasteiger partial charge in [0.1, 0.15) is 0 Å². The van der Waals surface area contributed by atoms with Crippen molar-refractivity contribution in [1.29, 1.82) is 0 Å². The molecule has 11 heavy (non-hydrogen) atoms. The fraction of sp³-hybridized carbons (Fsp3) is 0.375. The topological polar surface area (TPSA) is 44.9 Å². The van der Waals surface area contributed by atoms with E-state index in [0.717, 1.165) is 25.8 Å². The quantitative estimate of drug-likeness (QED) is 0.572. The number of carbonyl (C=O) groups is 1. The lowest BCUT2D eigenvalue weighted by Crippen LogP contribution is -2.22. The Labute approximate surface area is 64.8 Å². The van der Waals surface area contributed by atoms with Gasteiger partial charge in [0.2, 0.25) is 0 Å². The number of rotatable bonds is 1. The first-order chi connectivity index (χ1) is 5.40. The van der Waals surface area contributed by atoms with Gasteiger partial charge in [-0.3, -0.25) is 4.79 Å². The van der Waals surface area contributed by atoms with Gasteiger partial charge < -0.3 is 10.3 Å². The van der Waals surface area contributed by atoms with E-state index < -0.39 is 0 Å². The largest absolute Gasteiger partial charge is 0.356 e. The second-order valence-corrected chi connectivity index (χ2v) is 2.77. The summed E-state index contributed by atoms with van der Waals surface area (Å²) in [6.07, 6.45) is 1.86. The lowest BCUT2D eigenvalue weighted by Gasteiger charge is -2.11. The van der Waals surface area contributed by atoms with Gasteiger partial charge in [0.25, 0.3) is 0 Å². The highest BCUT2D eigenvalue weighted by atomic mass is 16.1. The molecule has 0 saturated heterocycles. The van der Waals surface area contributed by atoms with E-state index in [-0.39, 0.29) is 0 Å². The number of hydrogen-bond acceptors (Lipinski definition) is 2. The molecule has 1 aliphatic rings. The minimum Gasteiger partial charge on any atom is -0.356 e. The Bertz CT molecular complexity index is 254. The number of fused-ring (bicyclic) bond motifs is 1.